The van der Waals surface area contributed by atoms with Crippen molar-refractivity contribution in [1.29, 1.82) is 5.26 Å². The summed E-state index contributed by atoms with van der Waals surface area (Å²) in [6, 6.07) is 2.41. The average Bonchev–Trinajstić information content (AvgIpc) is 2.31. The van der Waals surface area contributed by atoms with Gasteiger partial charge in [0.05, 0.1) is 18.7 Å². The minimum Gasteiger partial charge on any atom is -0.395 e. The summed E-state index contributed by atoms with van der Waals surface area (Å²) in [4.78, 5) is 0. The SMILES string of the molecule is N#CC(NCCO)C1C2CC3CC(C2)CC1C3. The summed E-state index contributed by atoms with van der Waals surface area (Å²) in [5.41, 5.74) is 0. The van der Waals surface area contributed by atoms with Gasteiger partial charge in [0.15, 0.2) is 0 Å². The lowest BCUT2D eigenvalue weighted by Crippen LogP contribution is -2.52. The van der Waals surface area contributed by atoms with Crippen LogP contribution in [0.3, 0.4) is 0 Å². The Labute approximate surface area is 103 Å². The zero-order chi connectivity index (χ0) is 11.8. The zero-order valence-electron chi connectivity index (χ0n) is 10.3. The van der Waals surface area contributed by atoms with Crippen molar-refractivity contribution >= 4 is 0 Å². The first kappa shape index (κ1) is 11.5. The van der Waals surface area contributed by atoms with E-state index in [9.17, 15) is 5.26 Å². The molecule has 4 bridgehead atoms. The van der Waals surface area contributed by atoms with Crippen molar-refractivity contribution < 1.29 is 5.11 Å². The van der Waals surface area contributed by atoms with Crippen LogP contribution in [0.4, 0.5) is 0 Å². The van der Waals surface area contributed by atoms with Crippen LogP contribution >= 0.6 is 0 Å². The number of rotatable bonds is 4. The Balaban J connectivity index is 1.72. The van der Waals surface area contributed by atoms with Crippen molar-refractivity contribution in [3.63, 3.8) is 0 Å². The molecule has 0 heterocycles. The van der Waals surface area contributed by atoms with Crippen molar-refractivity contribution in [3.8, 4) is 6.07 Å². The van der Waals surface area contributed by atoms with Gasteiger partial charge in [0, 0.05) is 6.54 Å². The highest BCUT2D eigenvalue weighted by molar-refractivity contribution is 5.07. The largest absolute Gasteiger partial charge is 0.395 e. The van der Waals surface area contributed by atoms with Gasteiger partial charge in [-0.25, -0.2) is 0 Å². The van der Waals surface area contributed by atoms with E-state index in [4.69, 9.17) is 5.11 Å². The smallest absolute Gasteiger partial charge is 0.0987 e. The molecule has 17 heavy (non-hydrogen) atoms. The first-order chi connectivity index (χ1) is 8.31. The molecule has 4 aliphatic rings. The third-order valence-corrected chi connectivity index (χ3v) is 5.30. The molecule has 4 aliphatic carbocycles. The number of nitriles is 1. The first-order valence-corrected chi connectivity index (χ1v) is 7.05. The molecule has 0 saturated heterocycles. The van der Waals surface area contributed by atoms with Gasteiger partial charge in [-0.05, 0) is 61.7 Å². The van der Waals surface area contributed by atoms with Crippen LogP contribution in [0.5, 0.6) is 0 Å². The predicted molar refractivity (Wildman–Crippen MR) is 65.0 cm³/mol. The van der Waals surface area contributed by atoms with Crippen LogP contribution < -0.4 is 5.32 Å². The second-order valence-corrected chi connectivity index (χ2v) is 6.29. The topological polar surface area (TPSA) is 56.0 Å². The maximum atomic E-state index is 9.34. The molecule has 0 aliphatic heterocycles. The van der Waals surface area contributed by atoms with Crippen molar-refractivity contribution in [2.24, 2.45) is 29.6 Å². The summed E-state index contributed by atoms with van der Waals surface area (Å²) < 4.78 is 0. The predicted octanol–water partition coefficient (Wildman–Crippen LogP) is 1.53. The van der Waals surface area contributed by atoms with Gasteiger partial charge in [0.1, 0.15) is 0 Å². The van der Waals surface area contributed by atoms with E-state index in [0.29, 0.717) is 12.5 Å². The lowest BCUT2D eigenvalue weighted by atomic mass is 9.50. The summed E-state index contributed by atoms with van der Waals surface area (Å²) in [6.07, 6.45) is 6.89. The van der Waals surface area contributed by atoms with E-state index in [1.807, 2.05) is 0 Å². The molecule has 2 N–H and O–H groups in total. The van der Waals surface area contributed by atoms with Gasteiger partial charge in [-0.3, -0.25) is 5.32 Å². The average molecular weight is 234 g/mol. The molecule has 94 valence electrons. The van der Waals surface area contributed by atoms with Gasteiger partial charge in [-0.1, -0.05) is 0 Å². The molecular weight excluding hydrogens is 212 g/mol. The second-order valence-electron chi connectivity index (χ2n) is 6.29. The van der Waals surface area contributed by atoms with Gasteiger partial charge in [0.25, 0.3) is 0 Å². The summed E-state index contributed by atoms with van der Waals surface area (Å²) >= 11 is 0. The van der Waals surface area contributed by atoms with Crippen LogP contribution in [-0.4, -0.2) is 24.3 Å². The normalized spacial score (nSPS) is 44.6. The van der Waals surface area contributed by atoms with Gasteiger partial charge in [-0.15, -0.1) is 0 Å². The fourth-order valence-electron chi connectivity index (χ4n) is 5.00. The van der Waals surface area contributed by atoms with Crippen molar-refractivity contribution in [3.05, 3.63) is 0 Å². The Bertz CT molecular complexity index is 295. The van der Waals surface area contributed by atoms with Crippen LogP contribution in [0.2, 0.25) is 0 Å². The summed E-state index contributed by atoms with van der Waals surface area (Å²) in [7, 11) is 0. The Morgan fingerprint density at radius 3 is 2.18 bits per heavy atom. The highest BCUT2D eigenvalue weighted by atomic mass is 16.3. The fourth-order valence-corrected chi connectivity index (χ4v) is 5.00. The Kier molecular flexibility index (Phi) is 3.10. The van der Waals surface area contributed by atoms with E-state index >= 15 is 0 Å². The van der Waals surface area contributed by atoms with E-state index in [1.165, 1.54) is 32.1 Å². The molecule has 0 spiro atoms. The molecule has 3 nitrogen and oxygen atoms in total. The zero-order valence-corrected chi connectivity index (χ0v) is 10.3. The standard InChI is InChI=1S/C14H22N2O/c15-8-13(16-1-2-17)14-11-4-9-3-10(6-11)7-12(14)5-9/h9-14,16-17H,1-7H2. The Morgan fingerprint density at radius 1 is 1.12 bits per heavy atom. The van der Waals surface area contributed by atoms with Gasteiger partial charge in [-0.2, -0.15) is 5.26 Å². The molecular formula is C14H22N2O. The molecule has 1 atom stereocenters. The second kappa shape index (κ2) is 4.59. The Morgan fingerprint density at radius 2 is 1.71 bits per heavy atom. The van der Waals surface area contributed by atoms with E-state index in [0.717, 1.165) is 23.7 Å². The summed E-state index contributed by atoms with van der Waals surface area (Å²) in [6.45, 7) is 0.687. The van der Waals surface area contributed by atoms with Crippen LogP contribution in [0.25, 0.3) is 0 Å². The summed E-state index contributed by atoms with van der Waals surface area (Å²) in [5, 5.41) is 21.5. The number of hydrogen-bond donors (Lipinski definition) is 2. The third kappa shape index (κ3) is 1.98. The van der Waals surface area contributed by atoms with Gasteiger partial charge in [0.2, 0.25) is 0 Å². The van der Waals surface area contributed by atoms with Gasteiger partial charge < -0.3 is 5.11 Å². The highest BCUT2D eigenvalue weighted by Gasteiger charge is 2.50. The van der Waals surface area contributed by atoms with E-state index in [-0.39, 0.29) is 12.6 Å². The van der Waals surface area contributed by atoms with E-state index in [1.54, 1.807) is 0 Å². The number of nitrogens with zero attached hydrogens (tertiary/aromatic N) is 1. The van der Waals surface area contributed by atoms with Crippen molar-refractivity contribution in [2.45, 2.75) is 38.1 Å². The Hall–Kier alpha value is -0.590. The van der Waals surface area contributed by atoms with Crippen LogP contribution in [-0.2, 0) is 0 Å². The van der Waals surface area contributed by atoms with E-state index < -0.39 is 0 Å². The molecule has 4 rings (SSSR count). The maximum absolute atomic E-state index is 9.34. The van der Waals surface area contributed by atoms with E-state index in [2.05, 4.69) is 11.4 Å². The molecule has 0 radical (unpaired) electrons. The molecule has 3 heteroatoms. The lowest BCUT2D eigenvalue weighted by Gasteiger charge is -2.55. The van der Waals surface area contributed by atoms with Gasteiger partial charge >= 0.3 is 0 Å². The minimum atomic E-state index is -0.0304. The third-order valence-electron chi connectivity index (χ3n) is 5.30. The molecule has 0 aromatic heterocycles. The summed E-state index contributed by atoms with van der Waals surface area (Å²) in [5.74, 6) is 4.04. The monoisotopic (exact) mass is 234 g/mol. The molecule has 0 aromatic carbocycles. The van der Waals surface area contributed by atoms with Crippen LogP contribution in [0.1, 0.15) is 32.1 Å². The maximum Gasteiger partial charge on any atom is 0.0987 e. The van der Waals surface area contributed by atoms with Crippen molar-refractivity contribution in [2.75, 3.05) is 13.2 Å². The molecule has 0 aromatic rings. The lowest BCUT2D eigenvalue weighted by molar-refractivity contribution is -0.0446. The molecule has 0 amide bonds. The van der Waals surface area contributed by atoms with Crippen LogP contribution in [0.15, 0.2) is 0 Å². The fraction of sp³-hybridized carbons (Fsp3) is 0.929. The molecule has 1 unspecified atom stereocenters. The number of aliphatic hydroxyl groups is 1. The van der Waals surface area contributed by atoms with Crippen molar-refractivity contribution in [1.82, 2.24) is 5.32 Å². The quantitative estimate of drug-likeness (QED) is 0.775. The number of aliphatic hydroxyl groups excluding tert-OH is 1. The molecule has 4 fully saturated rings. The number of hydrogen-bond acceptors (Lipinski definition) is 3. The van der Waals surface area contributed by atoms with Crippen LogP contribution in [0, 0.1) is 40.9 Å². The highest BCUT2D eigenvalue weighted by Crippen LogP contribution is 2.57. The number of nitrogens with one attached hydrogen (secondary N) is 1. The minimum absolute atomic E-state index is 0.0304. The first-order valence-electron chi connectivity index (χ1n) is 7.05. The molecule has 4 saturated carbocycles.